The number of hydrogen-bond acceptors (Lipinski definition) is 3. The molecule has 0 aliphatic heterocycles. The first-order valence-electron chi connectivity index (χ1n) is 7.98. The summed E-state index contributed by atoms with van der Waals surface area (Å²) in [4.78, 5) is 14.6. The van der Waals surface area contributed by atoms with E-state index in [1.54, 1.807) is 0 Å². The summed E-state index contributed by atoms with van der Waals surface area (Å²) in [6.45, 7) is 9.87. The molecule has 1 N–H and O–H groups in total. The van der Waals surface area contributed by atoms with Crippen molar-refractivity contribution in [1.82, 2.24) is 4.90 Å². The summed E-state index contributed by atoms with van der Waals surface area (Å²) < 4.78 is 0. The number of Topliss-reactive ketones (excluding diaryl/α,β-unsaturated/α-hetero) is 1. The van der Waals surface area contributed by atoms with Gasteiger partial charge in [-0.15, -0.1) is 0 Å². The molecule has 3 heteroatoms. The zero-order valence-corrected chi connectivity index (χ0v) is 13.9. The van der Waals surface area contributed by atoms with Crippen LogP contribution in [0, 0.1) is 13.8 Å². The van der Waals surface area contributed by atoms with Crippen molar-refractivity contribution in [1.29, 1.82) is 0 Å². The van der Waals surface area contributed by atoms with Crippen molar-refractivity contribution in [2.45, 2.75) is 53.0 Å². The number of aliphatic hydroxyl groups excluding tert-OH is 1. The summed E-state index contributed by atoms with van der Waals surface area (Å²) in [7, 11) is 0. The molecular formula is C18H29NO2. The third-order valence-electron chi connectivity index (χ3n) is 4.02. The highest BCUT2D eigenvalue weighted by atomic mass is 16.3. The van der Waals surface area contributed by atoms with Crippen molar-refractivity contribution in [3.8, 4) is 0 Å². The van der Waals surface area contributed by atoms with Crippen molar-refractivity contribution in [2.24, 2.45) is 0 Å². The van der Waals surface area contributed by atoms with Crippen LogP contribution in [0.5, 0.6) is 0 Å². The average Bonchev–Trinajstić information content (AvgIpc) is 2.44. The molecule has 0 aromatic heterocycles. The molecule has 0 spiro atoms. The Labute approximate surface area is 129 Å². The van der Waals surface area contributed by atoms with E-state index in [2.05, 4.69) is 24.8 Å². The average molecular weight is 291 g/mol. The quantitative estimate of drug-likeness (QED) is 0.709. The maximum Gasteiger partial charge on any atom is 0.164 e. The van der Waals surface area contributed by atoms with Crippen LogP contribution in [0.3, 0.4) is 0 Å². The van der Waals surface area contributed by atoms with Crippen LogP contribution in [0.15, 0.2) is 18.2 Å². The number of aryl methyl sites for hydroxylation is 2. The van der Waals surface area contributed by atoms with Gasteiger partial charge in [0.2, 0.25) is 0 Å². The number of nitrogens with zero attached hydrogens (tertiary/aromatic N) is 1. The third-order valence-corrected chi connectivity index (χ3v) is 4.02. The fourth-order valence-corrected chi connectivity index (χ4v) is 2.94. The molecule has 118 valence electrons. The molecular weight excluding hydrogens is 262 g/mol. The van der Waals surface area contributed by atoms with Crippen LogP contribution in [-0.4, -0.2) is 41.5 Å². The molecule has 0 aliphatic rings. The molecule has 1 aromatic carbocycles. The first-order valence-corrected chi connectivity index (χ1v) is 7.98. The molecule has 1 aromatic rings. The second-order valence-corrected chi connectivity index (χ2v) is 5.78. The Kier molecular flexibility index (Phi) is 7.62. The highest BCUT2D eigenvalue weighted by molar-refractivity contribution is 5.96. The molecule has 0 radical (unpaired) electrons. The van der Waals surface area contributed by atoms with Gasteiger partial charge in [0.05, 0.1) is 6.61 Å². The zero-order valence-electron chi connectivity index (χ0n) is 13.9. The van der Waals surface area contributed by atoms with Gasteiger partial charge in [-0.05, 0) is 38.8 Å². The lowest BCUT2D eigenvalue weighted by molar-refractivity contribution is 0.0927. The second kappa shape index (κ2) is 8.96. The number of carbonyl (C=O) groups excluding carboxylic acids is 1. The fraction of sp³-hybridized carbons (Fsp3) is 0.611. The van der Waals surface area contributed by atoms with Gasteiger partial charge in [0.15, 0.2) is 5.78 Å². The smallest absolute Gasteiger partial charge is 0.164 e. The van der Waals surface area contributed by atoms with Crippen LogP contribution in [0.25, 0.3) is 0 Å². The number of carbonyl (C=O) groups is 1. The lowest BCUT2D eigenvalue weighted by Crippen LogP contribution is -2.38. The number of aliphatic hydroxyl groups is 1. The Hall–Kier alpha value is -1.19. The Balaban J connectivity index is 2.68. The van der Waals surface area contributed by atoms with E-state index in [0.717, 1.165) is 36.1 Å². The Bertz CT molecular complexity index is 432. The van der Waals surface area contributed by atoms with Gasteiger partial charge in [0.25, 0.3) is 0 Å². The summed E-state index contributed by atoms with van der Waals surface area (Å²) in [5, 5.41) is 9.21. The molecule has 1 rings (SSSR count). The van der Waals surface area contributed by atoms with Crippen LogP contribution >= 0.6 is 0 Å². The predicted molar refractivity (Wildman–Crippen MR) is 87.9 cm³/mol. The summed E-state index contributed by atoms with van der Waals surface area (Å²) in [5.41, 5.74) is 3.07. The van der Waals surface area contributed by atoms with E-state index in [-0.39, 0.29) is 12.4 Å². The molecule has 0 unspecified atom stereocenters. The Morgan fingerprint density at radius 1 is 1.10 bits per heavy atom. The van der Waals surface area contributed by atoms with Crippen molar-refractivity contribution in [3.05, 3.63) is 34.9 Å². The number of rotatable bonds is 9. The van der Waals surface area contributed by atoms with Gasteiger partial charge in [-0.2, -0.15) is 0 Å². The van der Waals surface area contributed by atoms with Crippen LogP contribution in [-0.2, 0) is 0 Å². The van der Waals surface area contributed by atoms with Crippen LogP contribution in [0.1, 0.15) is 54.6 Å². The molecule has 0 heterocycles. The number of ketones is 1. The molecule has 3 nitrogen and oxygen atoms in total. The largest absolute Gasteiger partial charge is 0.395 e. The zero-order chi connectivity index (χ0) is 15.8. The van der Waals surface area contributed by atoms with Gasteiger partial charge in [-0.25, -0.2) is 0 Å². The molecule has 0 saturated heterocycles. The van der Waals surface area contributed by atoms with Crippen molar-refractivity contribution in [2.75, 3.05) is 19.7 Å². The molecule has 21 heavy (non-hydrogen) atoms. The van der Waals surface area contributed by atoms with E-state index in [9.17, 15) is 9.90 Å². The number of hydrogen-bond donors (Lipinski definition) is 1. The van der Waals surface area contributed by atoms with Gasteiger partial charge in [0.1, 0.15) is 0 Å². The molecule has 0 fully saturated rings. The van der Waals surface area contributed by atoms with Crippen LogP contribution in [0.2, 0.25) is 0 Å². The van der Waals surface area contributed by atoms with E-state index in [4.69, 9.17) is 0 Å². The number of benzene rings is 1. The van der Waals surface area contributed by atoms with Crippen LogP contribution in [0.4, 0.5) is 0 Å². The van der Waals surface area contributed by atoms with E-state index in [1.165, 1.54) is 0 Å². The minimum absolute atomic E-state index is 0.147. The Morgan fingerprint density at radius 2 is 1.67 bits per heavy atom. The molecule has 0 amide bonds. The van der Waals surface area contributed by atoms with E-state index in [1.807, 2.05) is 26.0 Å². The fourth-order valence-electron chi connectivity index (χ4n) is 2.94. The van der Waals surface area contributed by atoms with Gasteiger partial charge >= 0.3 is 0 Å². The first-order chi connectivity index (χ1) is 10.0. The van der Waals surface area contributed by atoms with E-state index < -0.39 is 0 Å². The lowest BCUT2D eigenvalue weighted by Gasteiger charge is -2.29. The second-order valence-electron chi connectivity index (χ2n) is 5.78. The lowest BCUT2D eigenvalue weighted by atomic mass is 10.0. The summed E-state index contributed by atoms with van der Waals surface area (Å²) in [5.74, 6) is 0.190. The van der Waals surface area contributed by atoms with E-state index in [0.29, 0.717) is 19.0 Å². The monoisotopic (exact) mass is 291 g/mol. The van der Waals surface area contributed by atoms with E-state index >= 15 is 0 Å². The maximum absolute atomic E-state index is 12.4. The van der Waals surface area contributed by atoms with Crippen molar-refractivity contribution < 1.29 is 9.90 Å². The van der Waals surface area contributed by atoms with Crippen molar-refractivity contribution in [3.63, 3.8) is 0 Å². The molecule has 0 atom stereocenters. The summed E-state index contributed by atoms with van der Waals surface area (Å²) in [6, 6.07) is 6.45. The van der Waals surface area contributed by atoms with Gasteiger partial charge < -0.3 is 5.11 Å². The first kappa shape index (κ1) is 17.9. The summed E-state index contributed by atoms with van der Waals surface area (Å²) in [6.07, 6.45) is 2.61. The normalized spacial score (nSPS) is 11.4. The SMILES string of the molecule is CCC(CC)N(CCO)CCC(=O)c1cc(C)cc(C)c1. The molecule has 0 bridgehead atoms. The Morgan fingerprint density at radius 3 is 2.14 bits per heavy atom. The van der Waals surface area contributed by atoms with Gasteiger partial charge in [-0.3, -0.25) is 9.69 Å². The topological polar surface area (TPSA) is 40.5 Å². The van der Waals surface area contributed by atoms with Crippen molar-refractivity contribution >= 4 is 5.78 Å². The molecule has 0 saturated carbocycles. The third kappa shape index (κ3) is 5.60. The highest BCUT2D eigenvalue weighted by Gasteiger charge is 2.16. The van der Waals surface area contributed by atoms with Crippen LogP contribution < -0.4 is 0 Å². The predicted octanol–water partition coefficient (Wildman–Crippen LogP) is 3.36. The minimum atomic E-state index is 0.147. The minimum Gasteiger partial charge on any atom is -0.395 e. The summed E-state index contributed by atoms with van der Waals surface area (Å²) >= 11 is 0. The maximum atomic E-state index is 12.4. The molecule has 0 aliphatic carbocycles. The van der Waals surface area contributed by atoms with Gasteiger partial charge in [-0.1, -0.05) is 31.0 Å². The van der Waals surface area contributed by atoms with Gasteiger partial charge in [0, 0.05) is 31.1 Å². The highest BCUT2D eigenvalue weighted by Crippen LogP contribution is 2.13. The standard InChI is InChI=1S/C18H29NO2/c1-5-17(6-2)19(9-10-20)8-7-18(21)16-12-14(3)11-15(4)13-16/h11-13,17,20H,5-10H2,1-4H3.